The van der Waals surface area contributed by atoms with Gasteiger partial charge in [-0.05, 0) is 42.0 Å². The Balaban J connectivity index is 1.73. The van der Waals surface area contributed by atoms with Gasteiger partial charge in [0.2, 0.25) is 5.91 Å². The molecule has 3 aromatic rings. The zero-order valence-electron chi connectivity index (χ0n) is 15.7. The van der Waals surface area contributed by atoms with Crippen LogP contribution in [0, 0.1) is 18.2 Å². The number of nitrogens with one attached hydrogen (secondary N) is 1. The molecule has 1 amide bonds. The van der Waals surface area contributed by atoms with Crippen molar-refractivity contribution < 1.29 is 18.7 Å². The summed E-state index contributed by atoms with van der Waals surface area (Å²) in [6.07, 6.45) is 7.25. The van der Waals surface area contributed by atoms with Crippen LogP contribution < -0.4 is 14.8 Å². The largest absolute Gasteiger partial charge is 0.493 e. The summed E-state index contributed by atoms with van der Waals surface area (Å²) in [5, 5.41) is 7.29. The number of hydrogen-bond acceptors (Lipinski definition) is 4. The molecule has 2 heterocycles. The molecule has 29 heavy (non-hydrogen) atoms. The van der Waals surface area contributed by atoms with Gasteiger partial charge in [-0.1, -0.05) is 12.0 Å². The van der Waals surface area contributed by atoms with E-state index in [-0.39, 0.29) is 30.7 Å². The number of halogens is 1. The summed E-state index contributed by atoms with van der Waals surface area (Å²) in [6, 6.07) is 11.4. The van der Waals surface area contributed by atoms with E-state index in [4.69, 9.17) is 15.9 Å². The van der Waals surface area contributed by atoms with Gasteiger partial charge in [-0.2, -0.15) is 5.10 Å². The standard InChI is InChI=1S/C22H18FN3O3/c1-3-10-29-19-9-4-14(11-20(19)28-2)17-12-21(27)25-22-18(17)13-24-26(22)16-7-5-15(23)6-8-16/h1,4-9,11,13,17H,10,12H2,2H3,(H,25,27). The first-order chi connectivity index (χ1) is 14.1. The van der Waals surface area contributed by atoms with Gasteiger partial charge in [-0.15, -0.1) is 6.42 Å². The highest BCUT2D eigenvalue weighted by Gasteiger charge is 2.31. The van der Waals surface area contributed by atoms with Gasteiger partial charge in [-0.25, -0.2) is 9.07 Å². The Labute approximate surface area is 167 Å². The van der Waals surface area contributed by atoms with E-state index in [0.29, 0.717) is 23.0 Å². The van der Waals surface area contributed by atoms with Gasteiger partial charge < -0.3 is 14.8 Å². The SMILES string of the molecule is C#CCOc1ccc(C2CC(=O)Nc3c2cnn3-c2ccc(F)cc2)cc1OC. The minimum absolute atomic E-state index is 0.127. The average Bonchev–Trinajstić information content (AvgIpc) is 3.15. The average molecular weight is 391 g/mol. The maximum absolute atomic E-state index is 13.3. The minimum atomic E-state index is -0.337. The van der Waals surface area contributed by atoms with Gasteiger partial charge in [0.15, 0.2) is 11.5 Å². The van der Waals surface area contributed by atoms with E-state index in [0.717, 1.165) is 11.1 Å². The highest BCUT2D eigenvalue weighted by atomic mass is 19.1. The number of fused-ring (bicyclic) bond motifs is 1. The van der Waals surface area contributed by atoms with E-state index in [1.54, 1.807) is 36.2 Å². The van der Waals surface area contributed by atoms with Gasteiger partial charge in [0.05, 0.1) is 19.0 Å². The summed E-state index contributed by atoms with van der Waals surface area (Å²) in [7, 11) is 1.55. The van der Waals surface area contributed by atoms with E-state index in [1.807, 2.05) is 12.1 Å². The second-order valence-electron chi connectivity index (χ2n) is 6.54. The van der Waals surface area contributed by atoms with Crippen molar-refractivity contribution in [2.24, 2.45) is 0 Å². The minimum Gasteiger partial charge on any atom is -0.493 e. The Hall–Kier alpha value is -3.79. The number of methoxy groups -OCH3 is 1. The molecule has 1 unspecified atom stereocenters. The van der Waals surface area contributed by atoms with Crippen LogP contribution in [0.4, 0.5) is 10.2 Å². The molecular formula is C22H18FN3O3. The van der Waals surface area contributed by atoms with Crippen molar-refractivity contribution in [3.8, 4) is 29.5 Å². The zero-order valence-corrected chi connectivity index (χ0v) is 15.7. The molecule has 0 spiro atoms. The number of amides is 1. The van der Waals surface area contributed by atoms with Crippen LogP contribution in [-0.2, 0) is 4.79 Å². The lowest BCUT2D eigenvalue weighted by Gasteiger charge is -2.24. The van der Waals surface area contributed by atoms with Crippen LogP contribution >= 0.6 is 0 Å². The Morgan fingerprint density at radius 2 is 2.07 bits per heavy atom. The van der Waals surface area contributed by atoms with Crippen LogP contribution in [-0.4, -0.2) is 29.4 Å². The molecule has 0 saturated heterocycles. The van der Waals surface area contributed by atoms with E-state index in [9.17, 15) is 9.18 Å². The van der Waals surface area contributed by atoms with Crippen LogP contribution in [0.3, 0.4) is 0 Å². The second-order valence-corrected chi connectivity index (χ2v) is 6.54. The molecule has 0 fully saturated rings. The first-order valence-electron chi connectivity index (χ1n) is 8.98. The van der Waals surface area contributed by atoms with Gasteiger partial charge >= 0.3 is 0 Å². The highest BCUT2D eigenvalue weighted by molar-refractivity contribution is 5.94. The molecule has 1 atom stereocenters. The fourth-order valence-corrected chi connectivity index (χ4v) is 3.43. The fourth-order valence-electron chi connectivity index (χ4n) is 3.43. The highest BCUT2D eigenvalue weighted by Crippen LogP contribution is 2.40. The number of carbonyl (C=O) groups excluding carboxylic acids is 1. The summed E-state index contributed by atoms with van der Waals surface area (Å²) < 4.78 is 25.8. The first kappa shape index (κ1) is 18.6. The predicted octanol–water partition coefficient (Wildman–Crippen LogP) is 3.51. The van der Waals surface area contributed by atoms with Crippen molar-refractivity contribution in [2.75, 3.05) is 19.0 Å². The quantitative estimate of drug-likeness (QED) is 0.676. The predicted molar refractivity (Wildman–Crippen MR) is 106 cm³/mol. The number of terminal acetylenes is 1. The molecule has 6 nitrogen and oxygen atoms in total. The van der Waals surface area contributed by atoms with Crippen molar-refractivity contribution in [3.63, 3.8) is 0 Å². The number of nitrogens with zero attached hydrogens (tertiary/aromatic N) is 2. The van der Waals surface area contributed by atoms with Crippen molar-refractivity contribution in [1.82, 2.24) is 9.78 Å². The van der Waals surface area contributed by atoms with Crippen LogP contribution in [0.25, 0.3) is 5.69 Å². The topological polar surface area (TPSA) is 65.4 Å². The summed E-state index contributed by atoms with van der Waals surface area (Å²) in [5.74, 6) is 3.40. The maximum Gasteiger partial charge on any atom is 0.226 e. The van der Waals surface area contributed by atoms with Gasteiger partial charge in [-0.3, -0.25) is 4.79 Å². The lowest BCUT2D eigenvalue weighted by atomic mass is 9.87. The Morgan fingerprint density at radius 3 is 2.79 bits per heavy atom. The van der Waals surface area contributed by atoms with Crippen LogP contribution in [0.15, 0.2) is 48.7 Å². The summed E-state index contributed by atoms with van der Waals surface area (Å²) in [4.78, 5) is 12.4. The Morgan fingerprint density at radius 1 is 1.28 bits per heavy atom. The third-order valence-corrected chi connectivity index (χ3v) is 4.79. The molecule has 1 aromatic heterocycles. The molecule has 1 N–H and O–H groups in total. The lowest BCUT2D eigenvalue weighted by molar-refractivity contribution is -0.116. The number of carbonyl (C=O) groups is 1. The normalized spacial score (nSPS) is 15.2. The zero-order chi connectivity index (χ0) is 20.4. The number of anilines is 1. The van der Waals surface area contributed by atoms with E-state index in [1.165, 1.54) is 12.1 Å². The molecular weight excluding hydrogens is 373 g/mol. The van der Waals surface area contributed by atoms with Crippen molar-refractivity contribution in [1.29, 1.82) is 0 Å². The number of rotatable bonds is 5. The lowest BCUT2D eigenvalue weighted by Crippen LogP contribution is -2.24. The van der Waals surface area contributed by atoms with Gasteiger partial charge in [0.1, 0.15) is 18.2 Å². The first-order valence-corrected chi connectivity index (χ1v) is 8.98. The Kier molecular flexibility index (Phi) is 4.92. The summed E-state index contributed by atoms with van der Waals surface area (Å²) in [6.45, 7) is 0.135. The van der Waals surface area contributed by atoms with E-state index < -0.39 is 0 Å². The third-order valence-electron chi connectivity index (χ3n) is 4.79. The monoisotopic (exact) mass is 391 g/mol. The van der Waals surface area contributed by atoms with Crippen molar-refractivity contribution in [2.45, 2.75) is 12.3 Å². The van der Waals surface area contributed by atoms with Gasteiger partial charge in [0, 0.05) is 17.9 Å². The molecule has 0 saturated carbocycles. The molecule has 0 bridgehead atoms. The fraction of sp³-hybridized carbons (Fsp3) is 0.182. The number of ether oxygens (including phenoxy) is 2. The molecule has 1 aliphatic rings. The van der Waals surface area contributed by atoms with Crippen LogP contribution in [0.2, 0.25) is 0 Å². The van der Waals surface area contributed by atoms with E-state index in [2.05, 4.69) is 16.3 Å². The van der Waals surface area contributed by atoms with Crippen molar-refractivity contribution >= 4 is 11.7 Å². The molecule has 146 valence electrons. The van der Waals surface area contributed by atoms with Crippen LogP contribution in [0.1, 0.15) is 23.5 Å². The third kappa shape index (κ3) is 3.52. The Bertz CT molecular complexity index is 1100. The molecule has 2 aromatic carbocycles. The number of benzene rings is 2. The van der Waals surface area contributed by atoms with Crippen LogP contribution in [0.5, 0.6) is 11.5 Å². The molecule has 4 rings (SSSR count). The molecule has 7 heteroatoms. The van der Waals surface area contributed by atoms with Gasteiger partial charge in [0.25, 0.3) is 0 Å². The summed E-state index contributed by atoms with van der Waals surface area (Å²) in [5.41, 5.74) is 2.42. The number of hydrogen-bond donors (Lipinski definition) is 1. The molecule has 1 aliphatic heterocycles. The van der Waals surface area contributed by atoms with Crippen molar-refractivity contribution in [3.05, 3.63) is 65.6 Å². The smallest absolute Gasteiger partial charge is 0.226 e. The summed E-state index contributed by atoms with van der Waals surface area (Å²) >= 11 is 0. The second kappa shape index (κ2) is 7.68. The molecule has 0 radical (unpaired) electrons. The number of aromatic nitrogens is 2. The molecule has 0 aliphatic carbocycles. The van der Waals surface area contributed by atoms with E-state index >= 15 is 0 Å². The maximum atomic E-state index is 13.3.